The monoisotopic (exact) mass is 208 g/mol. The largest absolute Gasteiger partial charge is 0.330 e. The Bertz CT molecular complexity index is 239. The molecule has 0 aliphatic carbocycles. The summed E-state index contributed by atoms with van der Waals surface area (Å²) in [5, 5.41) is 0. The highest BCUT2D eigenvalue weighted by Gasteiger charge is 2.46. The zero-order chi connectivity index (χ0) is 9.59. The fourth-order valence-corrected chi connectivity index (χ4v) is 2.25. The van der Waals surface area contributed by atoms with Crippen molar-refractivity contribution in [2.24, 2.45) is 0 Å². The smallest absolute Gasteiger partial charge is 0.313 e. The molecule has 0 spiro atoms. The van der Waals surface area contributed by atoms with Crippen molar-refractivity contribution in [2.75, 3.05) is 6.54 Å². The average Bonchev–Trinajstić information content (AvgIpc) is 2.32. The van der Waals surface area contributed by atoms with Crippen LogP contribution in [0.2, 0.25) is 0 Å². The van der Waals surface area contributed by atoms with Gasteiger partial charge in [-0.25, -0.2) is 13.6 Å². The number of hydrogen-bond acceptors (Lipinski definition) is 2. The number of thiol groups is 1. The molecule has 2 saturated heterocycles. The lowest BCUT2D eigenvalue weighted by atomic mass is 10.0. The minimum atomic E-state index is -2.44. The summed E-state index contributed by atoms with van der Waals surface area (Å²) >= 11 is 3.97. The Morgan fingerprint density at radius 1 is 1.46 bits per heavy atom. The zero-order valence-corrected chi connectivity index (χ0v) is 7.75. The second kappa shape index (κ2) is 3.01. The molecule has 0 unspecified atom stereocenters. The molecule has 3 nitrogen and oxygen atoms in total. The molecule has 2 fully saturated rings. The molecule has 2 aliphatic heterocycles. The predicted molar refractivity (Wildman–Crippen MR) is 45.7 cm³/mol. The van der Waals surface area contributed by atoms with Gasteiger partial charge in [0.1, 0.15) is 0 Å². The molecule has 0 radical (unpaired) electrons. The van der Waals surface area contributed by atoms with Gasteiger partial charge in [0.15, 0.2) is 0 Å². The molecule has 13 heavy (non-hydrogen) atoms. The van der Waals surface area contributed by atoms with Crippen LogP contribution < -0.4 is 0 Å². The first-order chi connectivity index (χ1) is 6.11. The first-order valence-electron chi connectivity index (χ1n) is 4.18. The van der Waals surface area contributed by atoms with Crippen LogP contribution in [0.4, 0.5) is 13.6 Å². The molecule has 2 atom stereocenters. The lowest BCUT2D eigenvalue weighted by Crippen LogP contribution is -2.44. The van der Waals surface area contributed by atoms with E-state index in [0.29, 0.717) is 19.4 Å². The number of carbonyl (C=O) groups is 1. The van der Waals surface area contributed by atoms with Gasteiger partial charge in [0.2, 0.25) is 0 Å². The molecule has 0 aromatic heterocycles. The fraction of sp³-hybridized carbons (Fsp3) is 0.857. The number of amides is 2. The standard InChI is InChI=1S/C7H10F2N2OS/c8-6(9)5-2-1-4-3-10(5)7(12)11(4)13/h4-6,13H,1-3H2/t4-,5+/m1/s1. The highest BCUT2D eigenvalue weighted by Crippen LogP contribution is 2.33. The minimum absolute atomic E-state index is 0.0193. The maximum atomic E-state index is 12.4. The summed E-state index contributed by atoms with van der Waals surface area (Å²) in [4.78, 5) is 12.6. The number of piperidine rings is 1. The van der Waals surface area contributed by atoms with E-state index in [1.54, 1.807) is 0 Å². The zero-order valence-electron chi connectivity index (χ0n) is 6.86. The molecule has 2 aliphatic rings. The molecular weight excluding hydrogens is 198 g/mol. The summed E-state index contributed by atoms with van der Waals surface area (Å²) in [7, 11) is 0. The van der Waals surface area contributed by atoms with Crippen LogP contribution >= 0.6 is 12.8 Å². The Kier molecular flexibility index (Phi) is 2.09. The maximum Gasteiger partial charge on any atom is 0.330 e. The van der Waals surface area contributed by atoms with Crippen molar-refractivity contribution < 1.29 is 13.6 Å². The van der Waals surface area contributed by atoms with Crippen LogP contribution in [0.3, 0.4) is 0 Å². The van der Waals surface area contributed by atoms with Gasteiger partial charge in [-0.05, 0) is 12.8 Å². The van der Waals surface area contributed by atoms with Crippen molar-refractivity contribution in [1.29, 1.82) is 0 Å². The number of alkyl halides is 2. The van der Waals surface area contributed by atoms with Crippen molar-refractivity contribution in [3.8, 4) is 0 Å². The number of carbonyl (C=O) groups excluding carboxylic acids is 1. The van der Waals surface area contributed by atoms with E-state index in [0.717, 1.165) is 0 Å². The van der Waals surface area contributed by atoms with Crippen molar-refractivity contribution in [1.82, 2.24) is 9.21 Å². The van der Waals surface area contributed by atoms with Crippen LogP contribution in [0.5, 0.6) is 0 Å². The molecule has 2 rings (SSSR count). The van der Waals surface area contributed by atoms with Gasteiger partial charge in [-0.15, -0.1) is 0 Å². The van der Waals surface area contributed by atoms with E-state index in [2.05, 4.69) is 12.8 Å². The van der Waals surface area contributed by atoms with Gasteiger partial charge >= 0.3 is 6.03 Å². The molecule has 2 heterocycles. The van der Waals surface area contributed by atoms with E-state index in [9.17, 15) is 13.6 Å². The topological polar surface area (TPSA) is 23.6 Å². The Labute approximate surface area is 80.2 Å². The van der Waals surface area contributed by atoms with E-state index in [1.807, 2.05) is 0 Å². The fourth-order valence-electron chi connectivity index (χ4n) is 1.94. The number of halogens is 2. The summed E-state index contributed by atoms with van der Waals surface area (Å²) in [6.45, 7) is 0.400. The number of nitrogens with zero attached hydrogens (tertiary/aromatic N) is 2. The van der Waals surface area contributed by atoms with Gasteiger partial charge in [0, 0.05) is 6.54 Å². The quantitative estimate of drug-likeness (QED) is 0.646. The number of rotatable bonds is 1. The second-order valence-corrected chi connectivity index (χ2v) is 3.84. The molecule has 0 aromatic rings. The predicted octanol–water partition coefficient (Wildman–Crippen LogP) is 1.36. The molecule has 0 N–H and O–H groups in total. The summed E-state index contributed by atoms with van der Waals surface area (Å²) in [6.07, 6.45) is -1.43. The van der Waals surface area contributed by atoms with Crippen LogP contribution in [0, 0.1) is 0 Å². The Balaban J connectivity index is 2.17. The highest BCUT2D eigenvalue weighted by molar-refractivity contribution is 7.78. The first-order valence-corrected chi connectivity index (χ1v) is 4.58. The van der Waals surface area contributed by atoms with Gasteiger partial charge in [-0.3, -0.25) is 4.31 Å². The van der Waals surface area contributed by atoms with E-state index in [-0.39, 0.29) is 12.1 Å². The normalized spacial score (nSPS) is 33.4. The summed E-state index contributed by atoms with van der Waals surface area (Å²) in [5.74, 6) is 0. The molecule has 0 saturated carbocycles. The van der Waals surface area contributed by atoms with E-state index >= 15 is 0 Å². The van der Waals surface area contributed by atoms with Crippen LogP contribution in [0.15, 0.2) is 0 Å². The Morgan fingerprint density at radius 3 is 2.77 bits per heavy atom. The lowest BCUT2D eigenvalue weighted by molar-refractivity contribution is 0.0344. The van der Waals surface area contributed by atoms with Gasteiger partial charge in [-0.2, -0.15) is 0 Å². The summed E-state index contributed by atoms with van der Waals surface area (Å²) < 4.78 is 26.1. The van der Waals surface area contributed by atoms with Crippen molar-refractivity contribution >= 4 is 18.8 Å². The van der Waals surface area contributed by atoms with Gasteiger partial charge in [-0.1, -0.05) is 12.8 Å². The maximum absolute atomic E-state index is 12.4. The first kappa shape index (κ1) is 9.05. The summed E-state index contributed by atoms with van der Waals surface area (Å²) in [5.41, 5.74) is 0. The highest BCUT2D eigenvalue weighted by atomic mass is 32.1. The average molecular weight is 208 g/mol. The van der Waals surface area contributed by atoms with Crippen LogP contribution in [-0.4, -0.2) is 40.3 Å². The van der Waals surface area contributed by atoms with E-state index < -0.39 is 12.5 Å². The SMILES string of the molecule is O=C1N(S)[C@@H]2CC[C@@H](C(F)F)N1C2. The summed E-state index contributed by atoms with van der Waals surface area (Å²) in [6, 6.07) is -1.26. The lowest BCUT2D eigenvalue weighted by Gasteiger charge is -2.29. The van der Waals surface area contributed by atoms with Crippen molar-refractivity contribution in [3.05, 3.63) is 0 Å². The van der Waals surface area contributed by atoms with Crippen LogP contribution in [0.1, 0.15) is 12.8 Å². The van der Waals surface area contributed by atoms with Gasteiger partial charge in [0.05, 0.1) is 12.1 Å². The van der Waals surface area contributed by atoms with E-state index in [1.165, 1.54) is 9.21 Å². The molecule has 0 aromatic carbocycles. The molecule has 2 amide bonds. The third-order valence-corrected chi connectivity index (χ3v) is 3.18. The van der Waals surface area contributed by atoms with E-state index in [4.69, 9.17) is 0 Å². The number of hydrogen-bond donors (Lipinski definition) is 1. The van der Waals surface area contributed by atoms with Gasteiger partial charge < -0.3 is 4.90 Å². The minimum Gasteiger partial charge on any atom is -0.313 e. The molecule has 6 heteroatoms. The van der Waals surface area contributed by atoms with Crippen molar-refractivity contribution in [3.63, 3.8) is 0 Å². The Hall–Kier alpha value is -0.520. The molecule has 74 valence electrons. The third kappa shape index (κ3) is 1.27. The number of urea groups is 1. The van der Waals surface area contributed by atoms with Crippen LogP contribution in [0.25, 0.3) is 0 Å². The molecular formula is C7H10F2N2OS. The Morgan fingerprint density at radius 2 is 2.15 bits per heavy atom. The van der Waals surface area contributed by atoms with Gasteiger partial charge in [0.25, 0.3) is 6.43 Å². The van der Waals surface area contributed by atoms with Crippen LogP contribution in [-0.2, 0) is 0 Å². The molecule has 2 bridgehead atoms. The number of fused-ring (bicyclic) bond motifs is 2. The van der Waals surface area contributed by atoms with Crippen molar-refractivity contribution in [2.45, 2.75) is 31.4 Å². The second-order valence-electron chi connectivity index (χ2n) is 3.41. The third-order valence-electron chi connectivity index (χ3n) is 2.68.